The summed E-state index contributed by atoms with van der Waals surface area (Å²) in [5.41, 5.74) is 0. The largest absolute Gasteiger partial charge is 0.494 e. The fourth-order valence-electron chi connectivity index (χ4n) is 3.08. The van der Waals surface area contributed by atoms with Crippen molar-refractivity contribution in [1.82, 2.24) is 5.32 Å². The fourth-order valence-corrected chi connectivity index (χ4v) is 3.08. The molecule has 1 N–H and O–H groups in total. The molecule has 0 radical (unpaired) electrons. The maximum absolute atomic E-state index is 5.81. The number of hydrogen-bond donors (Lipinski definition) is 1. The topological polar surface area (TPSA) is 21.3 Å². The number of rotatable bonds is 8. The first-order valence-electron chi connectivity index (χ1n) is 7.79. The Balaban J connectivity index is 1.70. The average molecular weight is 261 g/mol. The Hall–Kier alpha value is -1.02. The predicted octanol–water partition coefficient (Wildman–Crippen LogP) is 4.01. The molecular weight excluding hydrogens is 234 g/mol. The van der Waals surface area contributed by atoms with E-state index in [1.165, 1.54) is 32.1 Å². The lowest BCUT2D eigenvalue weighted by atomic mass is 9.96. The van der Waals surface area contributed by atoms with Gasteiger partial charge in [0.15, 0.2) is 0 Å². The first-order chi connectivity index (χ1) is 9.38. The van der Waals surface area contributed by atoms with Gasteiger partial charge in [-0.3, -0.25) is 0 Å². The summed E-state index contributed by atoms with van der Waals surface area (Å²) in [6.45, 7) is 4.07. The van der Waals surface area contributed by atoms with Gasteiger partial charge in [-0.05, 0) is 37.4 Å². The van der Waals surface area contributed by atoms with E-state index >= 15 is 0 Å². The molecule has 2 rings (SSSR count). The summed E-state index contributed by atoms with van der Waals surface area (Å²) in [6.07, 6.45) is 8.17. The molecule has 19 heavy (non-hydrogen) atoms. The zero-order chi connectivity index (χ0) is 13.3. The molecule has 0 aromatic heterocycles. The minimum Gasteiger partial charge on any atom is -0.494 e. The Morgan fingerprint density at radius 2 is 1.95 bits per heavy atom. The van der Waals surface area contributed by atoms with Crippen molar-refractivity contribution >= 4 is 0 Å². The van der Waals surface area contributed by atoms with Crippen molar-refractivity contribution in [3.63, 3.8) is 0 Å². The third-order valence-electron chi connectivity index (χ3n) is 4.06. The molecule has 1 fully saturated rings. The average Bonchev–Trinajstić information content (AvgIpc) is 2.93. The summed E-state index contributed by atoms with van der Waals surface area (Å²) < 4.78 is 5.81. The van der Waals surface area contributed by atoms with E-state index < -0.39 is 0 Å². The van der Waals surface area contributed by atoms with Crippen LogP contribution in [-0.4, -0.2) is 19.2 Å². The lowest BCUT2D eigenvalue weighted by Gasteiger charge is -2.21. The molecule has 1 unspecified atom stereocenters. The van der Waals surface area contributed by atoms with Crippen LogP contribution in [0.5, 0.6) is 5.75 Å². The van der Waals surface area contributed by atoms with E-state index in [0.717, 1.165) is 31.2 Å². The van der Waals surface area contributed by atoms with Crippen LogP contribution in [0.1, 0.15) is 45.4 Å². The summed E-state index contributed by atoms with van der Waals surface area (Å²) in [4.78, 5) is 0. The molecule has 0 heterocycles. The van der Waals surface area contributed by atoms with Crippen LogP contribution in [0.25, 0.3) is 0 Å². The smallest absolute Gasteiger partial charge is 0.119 e. The van der Waals surface area contributed by atoms with Gasteiger partial charge in [0, 0.05) is 6.04 Å². The van der Waals surface area contributed by atoms with Crippen LogP contribution in [0.4, 0.5) is 0 Å². The zero-order valence-corrected chi connectivity index (χ0v) is 12.1. The minimum absolute atomic E-state index is 0.622. The van der Waals surface area contributed by atoms with E-state index in [9.17, 15) is 0 Å². The van der Waals surface area contributed by atoms with Gasteiger partial charge in [-0.1, -0.05) is 50.8 Å². The molecule has 1 aromatic rings. The van der Waals surface area contributed by atoms with Gasteiger partial charge in [-0.2, -0.15) is 0 Å². The lowest BCUT2D eigenvalue weighted by molar-refractivity contribution is 0.269. The van der Waals surface area contributed by atoms with Gasteiger partial charge in [0.25, 0.3) is 0 Å². The SMILES string of the molecule is CCNC(CCOc1ccccc1)CC1CCCC1. The van der Waals surface area contributed by atoms with Gasteiger partial charge in [0.05, 0.1) is 6.61 Å². The highest BCUT2D eigenvalue weighted by atomic mass is 16.5. The van der Waals surface area contributed by atoms with Crippen molar-refractivity contribution in [1.29, 1.82) is 0 Å². The third kappa shape index (κ3) is 5.23. The van der Waals surface area contributed by atoms with E-state index in [2.05, 4.69) is 12.2 Å². The highest BCUT2D eigenvalue weighted by molar-refractivity contribution is 5.20. The van der Waals surface area contributed by atoms with E-state index in [1.54, 1.807) is 0 Å². The molecule has 2 nitrogen and oxygen atoms in total. The van der Waals surface area contributed by atoms with Gasteiger partial charge in [-0.15, -0.1) is 0 Å². The summed E-state index contributed by atoms with van der Waals surface area (Å²) in [7, 11) is 0. The standard InChI is InChI=1S/C17H27NO/c1-2-18-16(14-15-8-6-7-9-15)12-13-19-17-10-4-3-5-11-17/h3-5,10-11,15-16,18H,2,6-9,12-14H2,1H3. The van der Waals surface area contributed by atoms with Crippen LogP contribution in [0.2, 0.25) is 0 Å². The number of hydrogen-bond acceptors (Lipinski definition) is 2. The van der Waals surface area contributed by atoms with Crippen molar-refractivity contribution in [3.8, 4) is 5.75 Å². The van der Waals surface area contributed by atoms with Crippen molar-refractivity contribution < 1.29 is 4.74 Å². The number of para-hydroxylation sites is 1. The quantitative estimate of drug-likeness (QED) is 0.763. The van der Waals surface area contributed by atoms with Crippen LogP contribution in [-0.2, 0) is 0 Å². The van der Waals surface area contributed by atoms with Crippen LogP contribution < -0.4 is 10.1 Å². The van der Waals surface area contributed by atoms with E-state index in [4.69, 9.17) is 4.74 Å². The lowest BCUT2D eigenvalue weighted by Crippen LogP contribution is -2.32. The second-order valence-electron chi connectivity index (χ2n) is 5.59. The molecule has 1 saturated carbocycles. The van der Waals surface area contributed by atoms with Gasteiger partial charge in [0.1, 0.15) is 5.75 Å². The summed E-state index contributed by atoms with van der Waals surface area (Å²) >= 11 is 0. The van der Waals surface area contributed by atoms with Gasteiger partial charge in [0.2, 0.25) is 0 Å². The highest BCUT2D eigenvalue weighted by Crippen LogP contribution is 2.29. The first-order valence-corrected chi connectivity index (χ1v) is 7.79. The summed E-state index contributed by atoms with van der Waals surface area (Å²) in [5, 5.41) is 3.62. The zero-order valence-electron chi connectivity index (χ0n) is 12.1. The Labute approximate surface area is 117 Å². The first kappa shape index (κ1) is 14.4. The van der Waals surface area contributed by atoms with Crippen molar-refractivity contribution in [2.24, 2.45) is 5.92 Å². The van der Waals surface area contributed by atoms with E-state index in [1.807, 2.05) is 30.3 Å². The molecule has 1 aromatic carbocycles. The maximum atomic E-state index is 5.81. The number of benzene rings is 1. The minimum atomic E-state index is 0.622. The predicted molar refractivity (Wildman–Crippen MR) is 80.6 cm³/mol. The molecule has 2 heteroatoms. The normalized spacial score (nSPS) is 17.5. The van der Waals surface area contributed by atoms with Crippen molar-refractivity contribution in [2.75, 3.05) is 13.2 Å². The summed E-state index contributed by atoms with van der Waals surface area (Å²) in [6, 6.07) is 10.7. The molecule has 1 aliphatic rings. The molecule has 0 amide bonds. The second-order valence-corrected chi connectivity index (χ2v) is 5.59. The third-order valence-corrected chi connectivity index (χ3v) is 4.06. The Bertz CT molecular complexity index is 332. The number of ether oxygens (including phenoxy) is 1. The van der Waals surface area contributed by atoms with E-state index in [-0.39, 0.29) is 0 Å². The van der Waals surface area contributed by atoms with Crippen LogP contribution >= 0.6 is 0 Å². The van der Waals surface area contributed by atoms with E-state index in [0.29, 0.717) is 6.04 Å². The molecule has 0 saturated heterocycles. The number of nitrogens with one attached hydrogen (secondary N) is 1. The summed E-state index contributed by atoms with van der Waals surface area (Å²) in [5.74, 6) is 1.93. The Morgan fingerprint density at radius 1 is 1.21 bits per heavy atom. The van der Waals surface area contributed by atoms with Crippen LogP contribution in [0, 0.1) is 5.92 Å². The highest BCUT2D eigenvalue weighted by Gasteiger charge is 2.19. The Kier molecular flexibility index (Phi) is 6.22. The molecule has 0 aliphatic heterocycles. The van der Waals surface area contributed by atoms with Crippen molar-refractivity contribution in [3.05, 3.63) is 30.3 Å². The Morgan fingerprint density at radius 3 is 2.63 bits per heavy atom. The molecule has 1 atom stereocenters. The van der Waals surface area contributed by atoms with Crippen LogP contribution in [0.15, 0.2) is 30.3 Å². The molecular formula is C17H27NO. The molecule has 0 bridgehead atoms. The van der Waals surface area contributed by atoms with Gasteiger partial charge < -0.3 is 10.1 Å². The molecule has 1 aliphatic carbocycles. The molecule has 0 spiro atoms. The monoisotopic (exact) mass is 261 g/mol. The molecule has 106 valence electrons. The van der Waals surface area contributed by atoms with Crippen LogP contribution in [0.3, 0.4) is 0 Å². The second kappa shape index (κ2) is 8.21. The van der Waals surface area contributed by atoms with Crippen molar-refractivity contribution in [2.45, 2.75) is 51.5 Å². The fraction of sp³-hybridized carbons (Fsp3) is 0.647. The van der Waals surface area contributed by atoms with Gasteiger partial charge >= 0.3 is 0 Å². The van der Waals surface area contributed by atoms with Gasteiger partial charge in [-0.25, -0.2) is 0 Å². The maximum Gasteiger partial charge on any atom is 0.119 e.